The molecule has 180 valence electrons. The zero-order valence-corrected chi connectivity index (χ0v) is 19.6. The molecule has 1 atom stereocenters. The van der Waals surface area contributed by atoms with Gasteiger partial charge in [-0.2, -0.15) is 5.10 Å². The van der Waals surface area contributed by atoms with E-state index in [4.69, 9.17) is 16.3 Å². The Balaban J connectivity index is 0.995. The summed E-state index contributed by atoms with van der Waals surface area (Å²) in [5.41, 5.74) is 1.16. The summed E-state index contributed by atoms with van der Waals surface area (Å²) in [6.45, 7) is 0.650. The number of amides is 1. The van der Waals surface area contributed by atoms with Crippen LogP contribution in [0.15, 0.2) is 35.7 Å². The zero-order valence-electron chi connectivity index (χ0n) is 18.9. The molecular weight excluding hydrogens is 462 g/mol. The first-order valence-electron chi connectivity index (χ1n) is 11.8. The van der Waals surface area contributed by atoms with Gasteiger partial charge in [0, 0.05) is 30.5 Å². The Morgan fingerprint density at radius 1 is 1.06 bits per heavy atom. The van der Waals surface area contributed by atoms with E-state index in [1.54, 1.807) is 6.21 Å². The van der Waals surface area contributed by atoms with E-state index in [-0.39, 0.29) is 11.3 Å². The number of hydrogen-bond acceptors (Lipinski definition) is 5. The normalized spacial score (nSPS) is 26.8. The van der Waals surface area contributed by atoms with Crippen LogP contribution >= 0.6 is 11.6 Å². The summed E-state index contributed by atoms with van der Waals surface area (Å²) in [6, 6.07) is 3.31. The van der Waals surface area contributed by atoms with Crippen LogP contribution in [0.2, 0.25) is 5.02 Å². The number of rotatable bonds is 10. The Labute approximate surface area is 202 Å². The maximum atomic E-state index is 13.6. The summed E-state index contributed by atoms with van der Waals surface area (Å²) >= 11 is 5.80. The molecule has 2 heterocycles. The van der Waals surface area contributed by atoms with Crippen LogP contribution in [0.4, 0.5) is 8.78 Å². The van der Waals surface area contributed by atoms with Gasteiger partial charge < -0.3 is 4.74 Å². The molecule has 0 spiro atoms. The van der Waals surface area contributed by atoms with E-state index in [1.165, 1.54) is 55.2 Å². The van der Waals surface area contributed by atoms with Crippen molar-refractivity contribution in [1.82, 2.24) is 15.0 Å². The quantitative estimate of drug-likeness (QED) is 0.392. The van der Waals surface area contributed by atoms with Crippen LogP contribution in [0.5, 0.6) is 6.01 Å². The largest absolute Gasteiger partial charge is 0.463 e. The highest BCUT2D eigenvalue weighted by Gasteiger charge is 2.67. The average molecular weight is 489 g/mol. The minimum Gasteiger partial charge on any atom is -0.463 e. The van der Waals surface area contributed by atoms with Crippen molar-refractivity contribution in [3.63, 3.8) is 0 Å². The van der Waals surface area contributed by atoms with Crippen LogP contribution in [0.25, 0.3) is 0 Å². The fourth-order valence-electron chi connectivity index (χ4n) is 6.01. The first-order chi connectivity index (χ1) is 16.4. The van der Waals surface area contributed by atoms with Gasteiger partial charge in [0.1, 0.15) is 11.6 Å². The number of aromatic nitrogens is 2. The number of hydrazone groups is 1. The number of benzene rings is 1. The maximum absolute atomic E-state index is 13.6. The Morgan fingerprint density at radius 2 is 1.76 bits per heavy atom. The second-order valence-corrected chi connectivity index (χ2v) is 10.5. The number of hydrogen-bond donors (Lipinski definition) is 0. The van der Waals surface area contributed by atoms with Crippen LogP contribution in [0.3, 0.4) is 0 Å². The van der Waals surface area contributed by atoms with Gasteiger partial charge in [-0.25, -0.2) is 23.8 Å². The molecule has 6 rings (SSSR count). The van der Waals surface area contributed by atoms with Crippen molar-refractivity contribution in [1.29, 1.82) is 0 Å². The third-order valence-corrected chi connectivity index (χ3v) is 7.50. The van der Waals surface area contributed by atoms with E-state index < -0.39 is 17.7 Å². The number of unbranched alkanes of at least 4 members (excludes halogenated alkanes) is 2. The highest BCUT2D eigenvalue weighted by Crippen LogP contribution is 2.75. The lowest BCUT2D eigenvalue weighted by atomic mass is 9.34. The van der Waals surface area contributed by atoms with Crippen molar-refractivity contribution in [3.8, 4) is 6.01 Å². The predicted octanol–water partition coefficient (Wildman–Crippen LogP) is 5.87. The summed E-state index contributed by atoms with van der Waals surface area (Å²) in [5.74, 6) is -1.39. The molecule has 0 N–H and O–H groups in total. The Hall–Kier alpha value is -2.61. The van der Waals surface area contributed by atoms with Crippen molar-refractivity contribution in [2.45, 2.75) is 63.8 Å². The van der Waals surface area contributed by atoms with Gasteiger partial charge in [-0.3, -0.25) is 4.79 Å². The minimum atomic E-state index is -0.644. The van der Waals surface area contributed by atoms with Crippen molar-refractivity contribution in [3.05, 3.63) is 52.8 Å². The monoisotopic (exact) mass is 488 g/mol. The van der Waals surface area contributed by atoms with Crippen molar-refractivity contribution in [2.24, 2.45) is 15.9 Å². The van der Waals surface area contributed by atoms with E-state index in [2.05, 4.69) is 15.1 Å². The smallest absolute Gasteiger partial charge is 0.316 e. The summed E-state index contributed by atoms with van der Waals surface area (Å²) in [6.07, 6.45) is 13.1. The first-order valence-corrected chi connectivity index (χ1v) is 12.1. The molecule has 0 radical (unpaired) electrons. The van der Waals surface area contributed by atoms with Crippen molar-refractivity contribution in [2.75, 3.05) is 6.61 Å². The molecule has 3 saturated carbocycles. The van der Waals surface area contributed by atoms with E-state index in [0.29, 0.717) is 41.5 Å². The predicted molar refractivity (Wildman–Crippen MR) is 123 cm³/mol. The SMILES string of the molecule is O=C(CCCCCC12CC(COc3ncc(Cl)cn3)(C1)C2)N1N=CCC1c1cc(F)cc(F)c1. The third kappa shape index (κ3) is 4.78. The van der Waals surface area contributed by atoms with Crippen LogP contribution in [0, 0.1) is 22.5 Å². The van der Waals surface area contributed by atoms with Crippen LogP contribution < -0.4 is 4.74 Å². The zero-order chi connectivity index (χ0) is 23.8. The van der Waals surface area contributed by atoms with Gasteiger partial charge in [-0.15, -0.1) is 0 Å². The Bertz CT molecular complexity index is 1050. The molecule has 6 nitrogen and oxygen atoms in total. The molecule has 1 aliphatic heterocycles. The summed E-state index contributed by atoms with van der Waals surface area (Å²) in [7, 11) is 0. The van der Waals surface area contributed by atoms with Crippen LogP contribution in [-0.4, -0.2) is 33.7 Å². The molecule has 1 aromatic carbocycles. The molecule has 0 saturated heterocycles. The molecule has 1 unspecified atom stereocenters. The molecule has 2 bridgehead atoms. The molecule has 9 heteroatoms. The topological polar surface area (TPSA) is 67.7 Å². The average Bonchev–Trinajstić information content (AvgIpc) is 3.24. The van der Waals surface area contributed by atoms with Gasteiger partial charge in [0.05, 0.1) is 30.1 Å². The minimum absolute atomic E-state index is 0.102. The van der Waals surface area contributed by atoms with Crippen LogP contribution in [0.1, 0.15) is 69.4 Å². The molecule has 1 aromatic heterocycles. The lowest BCUT2D eigenvalue weighted by Crippen LogP contribution is -2.63. The number of ether oxygens (including phenoxy) is 1. The van der Waals surface area contributed by atoms with Gasteiger partial charge in [0.15, 0.2) is 0 Å². The lowest BCUT2D eigenvalue weighted by Gasteiger charge is -2.71. The summed E-state index contributed by atoms with van der Waals surface area (Å²) in [5, 5.41) is 6.03. The third-order valence-electron chi connectivity index (χ3n) is 7.31. The lowest BCUT2D eigenvalue weighted by molar-refractivity contribution is -0.223. The number of nitrogens with zero attached hydrogens (tertiary/aromatic N) is 4. The summed E-state index contributed by atoms with van der Waals surface area (Å²) < 4.78 is 32.9. The van der Waals surface area contributed by atoms with E-state index >= 15 is 0 Å². The second-order valence-electron chi connectivity index (χ2n) is 10.1. The molecular formula is C25H27ClF2N4O2. The number of halogens is 3. The van der Waals surface area contributed by atoms with Gasteiger partial charge in [-0.05, 0) is 55.2 Å². The Morgan fingerprint density at radius 3 is 2.47 bits per heavy atom. The van der Waals surface area contributed by atoms with Gasteiger partial charge in [0.25, 0.3) is 0 Å². The molecule has 3 fully saturated rings. The first kappa shape index (κ1) is 23.1. The van der Waals surface area contributed by atoms with E-state index in [1.807, 2.05) is 0 Å². The van der Waals surface area contributed by atoms with Crippen LogP contribution in [-0.2, 0) is 4.79 Å². The van der Waals surface area contributed by atoms with Crippen molar-refractivity contribution < 1.29 is 18.3 Å². The van der Waals surface area contributed by atoms with Gasteiger partial charge >= 0.3 is 6.01 Å². The second kappa shape index (κ2) is 9.21. The Kier molecular flexibility index (Phi) is 6.27. The highest BCUT2D eigenvalue weighted by atomic mass is 35.5. The number of carbonyl (C=O) groups is 1. The molecule has 3 aliphatic carbocycles. The highest BCUT2D eigenvalue weighted by molar-refractivity contribution is 6.30. The summed E-state index contributed by atoms with van der Waals surface area (Å²) in [4.78, 5) is 20.8. The molecule has 1 amide bonds. The molecule has 4 aliphatic rings. The fraction of sp³-hybridized carbons (Fsp3) is 0.520. The number of carbonyl (C=O) groups excluding carboxylic acids is 1. The molecule has 34 heavy (non-hydrogen) atoms. The maximum Gasteiger partial charge on any atom is 0.316 e. The van der Waals surface area contributed by atoms with E-state index in [9.17, 15) is 13.6 Å². The standard InChI is InChI=1S/C25H27ClF2N4O2/c26-18-11-29-23(30-12-18)34-16-25-13-24(14-25,15-25)6-3-1-2-4-22(33)32-21(5-7-31-32)17-8-19(27)10-20(28)9-17/h7-12,21H,1-6,13-16H2. The van der Waals surface area contributed by atoms with Gasteiger partial charge in [-0.1, -0.05) is 24.4 Å². The fourth-order valence-corrected chi connectivity index (χ4v) is 6.11. The molecule has 2 aromatic rings. The van der Waals surface area contributed by atoms with E-state index in [0.717, 1.165) is 25.3 Å². The van der Waals surface area contributed by atoms with Gasteiger partial charge in [0.2, 0.25) is 5.91 Å². The van der Waals surface area contributed by atoms with Crippen molar-refractivity contribution >= 4 is 23.7 Å².